The average molecular weight is 494 g/mol. The van der Waals surface area contributed by atoms with Crippen LogP contribution in [-0.2, 0) is 0 Å². The van der Waals surface area contributed by atoms with E-state index in [-0.39, 0.29) is 6.04 Å². The van der Waals surface area contributed by atoms with Crippen molar-refractivity contribution in [3.05, 3.63) is 144 Å². The molecule has 7 rings (SSSR count). The van der Waals surface area contributed by atoms with E-state index in [9.17, 15) is 0 Å². The van der Waals surface area contributed by atoms with E-state index in [1.807, 2.05) is 24.3 Å². The van der Waals surface area contributed by atoms with Crippen molar-refractivity contribution in [2.75, 3.05) is 5.73 Å². The lowest BCUT2D eigenvalue weighted by Crippen LogP contribution is -2.19. The molecule has 4 aromatic rings. The molecule has 186 valence electrons. The molecule has 4 unspecified atom stereocenters. The van der Waals surface area contributed by atoms with E-state index in [1.165, 1.54) is 33.3 Å². The number of hydrogen-bond donors (Lipinski definition) is 2. The summed E-state index contributed by atoms with van der Waals surface area (Å²) in [4.78, 5) is 0. The fourth-order valence-electron chi connectivity index (χ4n) is 6.32. The fourth-order valence-corrected chi connectivity index (χ4v) is 6.32. The quantitative estimate of drug-likeness (QED) is 0.284. The summed E-state index contributed by atoms with van der Waals surface area (Å²) in [7, 11) is 0. The molecular formula is C35H31N3. The van der Waals surface area contributed by atoms with Crippen LogP contribution in [0.2, 0.25) is 0 Å². The molecule has 3 heteroatoms. The van der Waals surface area contributed by atoms with Crippen LogP contribution in [0, 0.1) is 5.92 Å². The molecule has 1 heterocycles. The highest BCUT2D eigenvalue weighted by molar-refractivity contribution is 5.95. The van der Waals surface area contributed by atoms with Gasteiger partial charge in [-0.05, 0) is 46.9 Å². The summed E-state index contributed by atoms with van der Waals surface area (Å²) in [6.45, 7) is 0. The molecule has 0 aliphatic heterocycles. The molecule has 3 aromatic carbocycles. The third-order valence-corrected chi connectivity index (χ3v) is 8.28. The topological polar surface area (TPSA) is 57.0 Å². The lowest BCUT2D eigenvalue weighted by Gasteiger charge is -2.30. The first-order chi connectivity index (χ1) is 18.7. The van der Waals surface area contributed by atoms with Gasteiger partial charge in [0.1, 0.15) is 0 Å². The third kappa shape index (κ3) is 3.70. The summed E-state index contributed by atoms with van der Waals surface area (Å²) in [6, 6.07) is 23.4. The minimum Gasteiger partial charge on any atom is -0.398 e. The number of anilines is 1. The van der Waals surface area contributed by atoms with Crippen LogP contribution in [0.15, 0.2) is 121 Å². The first-order valence-corrected chi connectivity index (χ1v) is 13.4. The van der Waals surface area contributed by atoms with Gasteiger partial charge in [0.25, 0.3) is 0 Å². The Morgan fingerprint density at radius 1 is 0.789 bits per heavy atom. The lowest BCUT2D eigenvalue weighted by molar-refractivity contribution is 0.557. The minimum atomic E-state index is -0.248. The summed E-state index contributed by atoms with van der Waals surface area (Å²) >= 11 is 0. The van der Waals surface area contributed by atoms with Crippen molar-refractivity contribution in [2.24, 2.45) is 11.7 Å². The molecule has 1 aromatic heterocycles. The molecular weight excluding hydrogens is 462 g/mol. The number of benzene rings is 3. The number of rotatable bonds is 4. The number of nitrogens with zero attached hydrogens (tertiary/aromatic N) is 1. The summed E-state index contributed by atoms with van der Waals surface area (Å²) < 4.78 is 2.59. The third-order valence-electron chi connectivity index (χ3n) is 8.28. The van der Waals surface area contributed by atoms with Crippen LogP contribution in [0.4, 0.5) is 5.69 Å². The lowest BCUT2D eigenvalue weighted by atomic mass is 9.80. The van der Waals surface area contributed by atoms with Crippen LogP contribution < -0.4 is 11.5 Å². The van der Waals surface area contributed by atoms with Gasteiger partial charge >= 0.3 is 0 Å². The summed E-state index contributed by atoms with van der Waals surface area (Å²) in [5, 5.41) is 1.32. The normalized spacial score (nSPS) is 22.0. The Balaban J connectivity index is 1.31. The molecule has 38 heavy (non-hydrogen) atoms. The van der Waals surface area contributed by atoms with Crippen LogP contribution in [0.1, 0.15) is 46.8 Å². The Hall–Kier alpha value is -4.34. The van der Waals surface area contributed by atoms with Crippen molar-refractivity contribution in [1.29, 1.82) is 0 Å². The molecule has 3 aliphatic rings. The maximum Gasteiger partial charge on any atom is 0.0572 e. The molecule has 0 saturated heterocycles. The highest BCUT2D eigenvalue weighted by Gasteiger charge is 2.31. The van der Waals surface area contributed by atoms with E-state index in [0.717, 1.165) is 23.2 Å². The van der Waals surface area contributed by atoms with Gasteiger partial charge in [0.05, 0.1) is 12.1 Å². The highest BCUT2D eigenvalue weighted by Crippen LogP contribution is 2.45. The number of aromatic nitrogens is 1. The first kappa shape index (κ1) is 22.8. The molecule has 4 atom stereocenters. The standard InChI is InChI=1S/C35H31N3/c36-32-13-7-6-12-30(32)34(37)25-16-14-23(15-17-25)26-19-21-33-31(22-26)29-20-18-24-8-4-5-11-28(24)35(29)38(33)27-9-2-1-3-10-27/h1-9,11-22,24,27-28,34H,10,36-37H2. The van der Waals surface area contributed by atoms with Gasteiger partial charge in [0.2, 0.25) is 0 Å². The van der Waals surface area contributed by atoms with E-state index in [2.05, 4.69) is 108 Å². The Morgan fingerprint density at radius 2 is 1.58 bits per heavy atom. The van der Waals surface area contributed by atoms with E-state index < -0.39 is 0 Å². The van der Waals surface area contributed by atoms with Gasteiger partial charge in [0, 0.05) is 39.7 Å². The summed E-state index contributed by atoms with van der Waals surface area (Å²) in [6.07, 6.45) is 23.7. The Morgan fingerprint density at radius 3 is 2.39 bits per heavy atom. The number of hydrogen-bond acceptors (Lipinski definition) is 2. The summed E-state index contributed by atoms with van der Waals surface area (Å²) in [5.74, 6) is 0.773. The van der Waals surface area contributed by atoms with Crippen LogP contribution in [0.25, 0.3) is 28.1 Å². The van der Waals surface area contributed by atoms with E-state index in [4.69, 9.17) is 11.5 Å². The molecule has 0 saturated carbocycles. The molecule has 0 spiro atoms. The van der Waals surface area contributed by atoms with Crippen molar-refractivity contribution in [3.8, 4) is 11.1 Å². The second-order valence-corrected chi connectivity index (χ2v) is 10.5. The van der Waals surface area contributed by atoms with Crippen LogP contribution in [-0.4, -0.2) is 4.57 Å². The molecule has 0 fully saturated rings. The predicted molar refractivity (Wildman–Crippen MR) is 160 cm³/mol. The fraction of sp³-hybridized carbons (Fsp3) is 0.143. The zero-order valence-electron chi connectivity index (χ0n) is 21.2. The van der Waals surface area contributed by atoms with Gasteiger partial charge < -0.3 is 16.0 Å². The molecule has 3 aliphatic carbocycles. The van der Waals surface area contributed by atoms with Crippen LogP contribution in [0.5, 0.6) is 0 Å². The predicted octanol–water partition coefficient (Wildman–Crippen LogP) is 7.85. The molecule has 0 bridgehead atoms. The van der Waals surface area contributed by atoms with Gasteiger partial charge in [-0.25, -0.2) is 0 Å². The van der Waals surface area contributed by atoms with Crippen molar-refractivity contribution >= 4 is 22.7 Å². The van der Waals surface area contributed by atoms with Gasteiger partial charge in [0.15, 0.2) is 0 Å². The minimum absolute atomic E-state index is 0.248. The maximum atomic E-state index is 6.57. The molecule has 0 amide bonds. The molecule has 0 radical (unpaired) electrons. The van der Waals surface area contributed by atoms with Crippen molar-refractivity contribution < 1.29 is 0 Å². The SMILES string of the molecule is Nc1ccccc1C(N)c1ccc(-c2ccc3c(c2)c2c(n3C3C=CC=CC3)C3C=CC=CC3C=C2)cc1. The Kier molecular flexibility index (Phi) is 5.52. The number of para-hydroxylation sites is 1. The number of allylic oxidation sites excluding steroid dienone is 9. The smallest absolute Gasteiger partial charge is 0.0572 e. The van der Waals surface area contributed by atoms with Crippen molar-refractivity contribution in [2.45, 2.75) is 24.4 Å². The monoisotopic (exact) mass is 493 g/mol. The highest BCUT2D eigenvalue weighted by atomic mass is 15.0. The van der Waals surface area contributed by atoms with Crippen molar-refractivity contribution in [3.63, 3.8) is 0 Å². The summed E-state index contributed by atoms with van der Waals surface area (Å²) in [5.41, 5.74) is 22.0. The van der Waals surface area contributed by atoms with E-state index in [0.29, 0.717) is 17.9 Å². The molecule has 4 N–H and O–H groups in total. The largest absolute Gasteiger partial charge is 0.398 e. The van der Waals surface area contributed by atoms with Gasteiger partial charge in [-0.15, -0.1) is 0 Å². The second kappa shape index (κ2) is 9.20. The second-order valence-electron chi connectivity index (χ2n) is 10.5. The average Bonchev–Trinajstić information content (AvgIpc) is 3.32. The van der Waals surface area contributed by atoms with Gasteiger partial charge in [-0.1, -0.05) is 109 Å². The zero-order chi connectivity index (χ0) is 25.6. The molecule has 3 nitrogen and oxygen atoms in total. The first-order valence-electron chi connectivity index (χ1n) is 13.4. The number of nitrogens with two attached hydrogens (primary N) is 2. The van der Waals surface area contributed by atoms with Crippen LogP contribution >= 0.6 is 0 Å². The number of fused-ring (bicyclic) bond motifs is 5. The van der Waals surface area contributed by atoms with Gasteiger partial charge in [-0.3, -0.25) is 0 Å². The van der Waals surface area contributed by atoms with Crippen LogP contribution in [0.3, 0.4) is 0 Å². The maximum absolute atomic E-state index is 6.57. The van der Waals surface area contributed by atoms with E-state index in [1.54, 1.807) is 0 Å². The van der Waals surface area contributed by atoms with E-state index >= 15 is 0 Å². The Labute approximate surface area is 223 Å². The van der Waals surface area contributed by atoms with Gasteiger partial charge in [-0.2, -0.15) is 0 Å². The van der Waals surface area contributed by atoms with Crippen molar-refractivity contribution in [1.82, 2.24) is 4.57 Å². The zero-order valence-corrected chi connectivity index (χ0v) is 21.2. The Bertz CT molecular complexity index is 1680. The number of nitrogen functional groups attached to an aromatic ring is 1.